The van der Waals surface area contributed by atoms with Gasteiger partial charge >= 0.3 is 0 Å². The average molecular weight is 287 g/mol. The molecule has 2 aliphatic heterocycles. The molecule has 114 valence electrons. The Morgan fingerprint density at radius 3 is 3.14 bits per heavy atom. The van der Waals surface area contributed by atoms with Crippen molar-refractivity contribution in [3.8, 4) is 0 Å². The smallest absolute Gasteiger partial charge is 0.123 e. The van der Waals surface area contributed by atoms with Crippen LogP contribution in [0.5, 0.6) is 0 Å². The first kappa shape index (κ1) is 13.5. The summed E-state index contributed by atoms with van der Waals surface area (Å²) in [4.78, 5) is 4.45. The van der Waals surface area contributed by atoms with Crippen LogP contribution >= 0.6 is 0 Å². The van der Waals surface area contributed by atoms with Crippen LogP contribution in [0, 0.1) is 5.92 Å². The quantitative estimate of drug-likeness (QED) is 0.640. The Morgan fingerprint density at radius 2 is 2.33 bits per heavy atom. The zero-order valence-electron chi connectivity index (χ0n) is 12.4. The van der Waals surface area contributed by atoms with Crippen molar-refractivity contribution in [3.63, 3.8) is 0 Å². The lowest BCUT2D eigenvalue weighted by Crippen LogP contribution is -2.43. The van der Waals surface area contributed by atoms with Gasteiger partial charge in [0.15, 0.2) is 0 Å². The summed E-state index contributed by atoms with van der Waals surface area (Å²) in [6, 6.07) is 7.16. The first-order valence-electron chi connectivity index (χ1n) is 8.18. The van der Waals surface area contributed by atoms with Crippen molar-refractivity contribution in [3.05, 3.63) is 23.9 Å². The van der Waals surface area contributed by atoms with Gasteiger partial charge in [-0.3, -0.25) is 0 Å². The molecule has 0 radical (unpaired) electrons. The number of hydrogen-bond acceptors (Lipinski definition) is 5. The summed E-state index contributed by atoms with van der Waals surface area (Å²) >= 11 is 0. The molecule has 5 heteroatoms. The molecule has 1 saturated carbocycles. The lowest BCUT2D eigenvalue weighted by molar-refractivity contribution is 0.396. The van der Waals surface area contributed by atoms with Crippen LogP contribution in [0.1, 0.15) is 25.0 Å². The zero-order chi connectivity index (χ0) is 14.3. The monoisotopic (exact) mass is 287 g/mol. The fraction of sp³-hybridized carbons (Fsp3) is 0.688. The highest BCUT2D eigenvalue weighted by Gasteiger charge is 2.56. The Labute approximate surface area is 126 Å². The van der Waals surface area contributed by atoms with E-state index < -0.39 is 0 Å². The van der Waals surface area contributed by atoms with Crippen molar-refractivity contribution in [1.82, 2.24) is 20.9 Å². The van der Waals surface area contributed by atoms with Gasteiger partial charge in [0.1, 0.15) is 5.82 Å². The standard InChI is InChI=1S/C16H25N5/c17-15-4-1-3-12(20-15)7-11-9-18-10-13(11)21-14-8-16(14)5-2-6-19-16/h1,3-4,11,13-14,18-19,21H,2,5-10H2,(H2,17,20)/t11-,13+,14?,16?/m1/s1. The highest BCUT2D eigenvalue weighted by Crippen LogP contribution is 2.43. The summed E-state index contributed by atoms with van der Waals surface area (Å²) < 4.78 is 0. The van der Waals surface area contributed by atoms with Crippen LogP contribution in [0.25, 0.3) is 0 Å². The SMILES string of the molecule is Nc1cccc(C[C@@H]2CNC[C@@H]2NC2CC23CCCN3)n1. The molecule has 2 unspecified atom stereocenters. The fourth-order valence-corrected chi connectivity index (χ4v) is 4.11. The van der Waals surface area contributed by atoms with Gasteiger partial charge in [0.25, 0.3) is 0 Å². The summed E-state index contributed by atoms with van der Waals surface area (Å²) in [5.74, 6) is 1.23. The van der Waals surface area contributed by atoms with Crippen LogP contribution < -0.4 is 21.7 Å². The molecule has 2 saturated heterocycles. The van der Waals surface area contributed by atoms with Crippen LogP contribution in [0.3, 0.4) is 0 Å². The molecule has 1 spiro atoms. The highest BCUT2D eigenvalue weighted by molar-refractivity contribution is 5.29. The molecule has 3 fully saturated rings. The number of nitrogen functional groups attached to an aromatic ring is 1. The minimum atomic E-state index is 0.433. The van der Waals surface area contributed by atoms with Gasteiger partial charge in [-0.15, -0.1) is 0 Å². The second-order valence-electron chi connectivity index (χ2n) is 6.89. The topological polar surface area (TPSA) is 75.0 Å². The van der Waals surface area contributed by atoms with Gasteiger partial charge in [-0.25, -0.2) is 4.98 Å². The number of anilines is 1. The number of rotatable bonds is 4. The number of nitrogens with two attached hydrogens (primary N) is 1. The molecule has 4 atom stereocenters. The van der Waals surface area contributed by atoms with Gasteiger partial charge in [0, 0.05) is 29.9 Å². The Kier molecular flexibility index (Phi) is 3.36. The fourth-order valence-electron chi connectivity index (χ4n) is 4.11. The molecule has 1 aliphatic carbocycles. The summed E-state index contributed by atoms with van der Waals surface area (Å²) in [6.07, 6.45) is 4.97. The minimum absolute atomic E-state index is 0.433. The normalized spacial score (nSPS) is 38.2. The van der Waals surface area contributed by atoms with Gasteiger partial charge in [0.2, 0.25) is 0 Å². The molecule has 4 rings (SSSR count). The lowest BCUT2D eigenvalue weighted by Gasteiger charge is -2.21. The van der Waals surface area contributed by atoms with E-state index in [-0.39, 0.29) is 0 Å². The zero-order valence-corrected chi connectivity index (χ0v) is 12.4. The largest absolute Gasteiger partial charge is 0.384 e. The second-order valence-corrected chi connectivity index (χ2v) is 6.89. The van der Waals surface area contributed by atoms with Gasteiger partial charge in [-0.2, -0.15) is 0 Å². The van der Waals surface area contributed by atoms with Crippen molar-refractivity contribution in [1.29, 1.82) is 0 Å². The van der Waals surface area contributed by atoms with Gasteiger partial charge in [-0.05, 0) is 56.8 Å². The molecule has 21 heavy (non-hydrogen) atoms. The van der Waals surface area contributed by atoms with E-state index in [4.69, 9.17) is 5.73 Å². The second kappa shape index (κ2) is 5.23. The molecule has 5 N–H and O–H groups in total. The Balaban J connectivity index is 1.37. The molecule has 0 bridgehead atoms. The summed E-state index contributed by atoms with van der Waals surface area (Å²) in [5.41, 5.74) is 7.33. The average Bonchev–Trinajstić information content (AvgIpc) is 2.79. The number of aromatic nitrogens is 1. The Morgan fingerprint density at radius 1 is 1.38 bits per heavy atom. The predicted molar refractivity (Wildman–Crippen MR) is 84.0 cm³/mol. The van der Waals surface area contributed by atoms with Crippen LogP contribution in [0.15, 0.2) is 18.2 Å². The van der Waals surface area contributed by atoms with E-state index >= 15 is 0 Å². The maximum atomic E-state index is 5.79. The number of pyridine rings is 1. The third kappa shape index (κ3) is 2.65. The number of nitrogens with one attached hydrogen (secondary N) is 3. The van der Waals surface area contributed by atoms with Crippen LogP contribution in [0.2, 0.25) is 0 Å². The molecular formula is C16H25N5. The molecule has 5 nitrogen and oxygen atoms in total. The summed E-state index contributed by atoms with van der Waals surface area (Å²) in [5, 5.41) is 11.1. The van der Waals surface area contributed by atoms with E-state index in [1.54, 1.807) is 0 Å². The van der Waals surface area contributed by atoms with Gasteiger partial charge in [0.05, 0.1) is 0 Å². The highest BCUT2D eigenvalue weighted by atomic mass is 15.2. The van der Waals surface area contributed by atoms with Gasteiger partial charge < -0.3 is 21.7 Å². The van der Waals surface area contributed by atoms with Crippen molar-refractivity contribution >= 4 is 5.82 Å². The van der Waals surface area contributed by atoms with Crippen LogP contribution in [-0.2, 0) is 6.42 Å². The van der Waals surface area contributed by atoms with E-state index in [1.165, 1.54) is 25.8 Å². The third-order valence-corrected chi connectivity index (χ3v) is 5.41. The van der Waals surface area contributed by atoms with E-state index in [0.29, 0.717) is 29.4 Å². The maximum absolute atomic E-state index is 5.79. The lowest BCUT2D eigenvalue weighted by atomic mass is 9.97. The minimum Gasteiger partial charge on any atom is -0.384 e. The van der Waals surface area contributed by atoms with E-state index in [1.807, 2.05) is 12.1 Å². The van der Waals surface area contributed by atoms with E-state index in [9.17, 15) is 0 Å². The third-order valence-electron chi connectivity index (χ3n) is 5.41. The Bertz CT molecular complexity index is 511. The van der Waals surface area contributed by atoms with Crippen LogP contribution in [-0.4, -0.2) is 42.2 Å². The van der Waals surface area contributed by atoms with Crippen molar-refractivity contribution < 1.29 is 0 Å². The summed E-state index contributed by atoms with van der Waals surface area (Å²) in [7, 11) is 0. The van der Waals surface area contributed by atoms with Crippen molar-refractivity contribution in [2.45, 2.75) is 43.3 Å². The molecular weight excluding hydrogens is 262 g/mol. The van der Waals surface area contributed by atoms with Crippen molar-refractivity contribution in [2.24, 2.45) is 5.92 Å². The van der Waals surface area contributed by atoms with Crippen LogP contribution in [0.4, 0.5) is 5.82 Å². The summed E-state index contributed by atoms with van der Waals surface area (Å²) in [6.45, 7) is 3.33. The first-order valence-corrected chi connectivity index (χ1v) is 8.18. The molecule has 1 aromatic rings. The number of hydrogen-bond donors (Lipinski definition) is 4. The number of nitrogens with zero attached hydrogens (tertiary/aromatic N) is 1. The van der Waals surface area contributed by atoms with E-state index in [0.717, 1.165) is 25.2 Å². The van der Waals surface area contributed by atoms with Gasteiger partial charge in [-0.1, -0.05) is 6.07 Å². The maximum Gasteiger partial charge on any atom is 0.123 e. The van der Waals surface area contributed by atoms with E-state index in [2.05, 4.69) is 27.0 Å². The predicted octanol–water partition coefficient (Wildman–Crippen LogP) is 0.278. The molecule has 3 aliphatic rings. The van der Waals surface area contributed by atoms with Crippen molar-refractivity contribution in [2.75, 3.05) is 25.4 Å². The first-order chi connectivity index (χ1) is 10.3. The molecule has 1 aromatic heterocycles. The molecule has 0 aromatic carbocycles. The Hall–Kier alpha value is -1.17. The molecule has 3 heterocycles. The molecule has 0 amide bonds.